The number of anilines is 1. The molecule has 0 spiro atoms. The van der Waals surface area contributed by atoms with Gasteiger partial charge in [-0.2, -0.15) is 4.31 Å². The summed E-state index contributed by atoms with van der Waals surface area (Å²) in [5, 5.41) is 0.141. The molecule has 0 bridgehead atoms. The Hall–Kier alpha value is -1.63. The van der Waals surface area contributed by atoms with Crippen LogP contribution < -0.4 is 5.73 Å². The van der Waals surface area contributed by atoms with Crippen LogP contribution in [-0.4, -0.2) is 17.7 Å². The number of pyridine rings is 1. The average Bonchev–Trinajstić information content (AvgIpc) is 2.86. The van der Waals surface area contributed by atoms with E-state index in [0.29, 0.717) is 13.1 Å². The molecule has 2 N–H and O–H groups in total. The maximum atomic E-state index is 12.6. The van der Waals surface area contributed by atoms with E-state index in [0.717, 1.165) is 11.1 Å². The second-order valence-electron chi connectivity index (χ2n) is 4.58. The Balaban J connectivity index is 1.96. The highest BCUT2D eigenvalue weighted by Crippen LogP contribution is 2.29. The highest BCUT2D eigenvalue weighted by Gasteiger charge is 2.30. The molecule has 0 amide bonds. The monoisotopic (exact) mass is 309 g/mol. The van der Waals surface area contributed by atoms with Crippen LogP contribution >= 0.6 is 11.6 Å². The van der Waals surface area contributed by atoms with Crippen molar-refractivity contribution in [2.24, 2.45) is 0 Å². The molecule has 1 aliphatic rings. The first kappa shape index (κ1) is 13.4. The Kier molecular flexibility index (Phi) is 3.16. The van der Waals surface area contributed by atoms with Gasteiger partial charge in [0.1, 0.15) is 10.7 Å². The van der Waals surface area contributed by atoms with Crippen molar-refractivity contribution in [1.29, 1.82) is 0 Å². The van der Waals surface area contributed by atoms with Crippen molar-refractivity contribution < 1.29 is 8.42 Å². The van der Waals surface area contributed by atoms with Crippen molar-refractivity contribution >= 4 is 27.4 Å². The highest BCUT2D eigenvalue weighted by atomic mass is 35.5. The van der Waals surface area contributed by atoms with Crippen molar-refractivity contribution in [3.63, 3.8) is 0 Å². The number of nitrogen functional groups attached to an aromatic ring is 1. The molecule has 1 aromatic carbocycles. The third-order valence-corrected chi connectivity index (χ3v) is 5.35. The van der Waals surface area contributed by atoms with Crippen molar-refractivity contribution in [1.82, 2.24) is 9.29 Å². The minimum atomic E-state index is -3.61. The maximum Gasteiger partial charge on any atom is 0.245 e. The molecule has 0 saturated carbocycles. The lowest BCUT2D eigenvalue weighted by Gasteiger charge is -2.15. The van der Waals surface area contributed by atoms with Gasteiger partial charge < -0.3 is 5.73 Å². The summed E-state index contributed by atoms with van der Waals surface area (Å²) in [6.07, 6.45) is 1.24. The van der Waals surface area contributed by atoms with Gasteiger partial charge in [-0.3, -0.25) is 0 Å². The fourth-order valence-electron chi connectivity index (χ4n) is 2.19. The lowest BCUT2D eigenvalue weighted by atomic mass is 10.1. The summed E-state index contributed by atoms with van der Waals surface area (Å²) in [6.45, 7) is 0.723. The minimum absolute atomic E-state index is 0.0597. The lowest BCUT2D eigenvalue weighted by Crippen LogP contribution is -2.25. The average molecular weight is 310 g/mol. The zero-order valence-corrected chi connectivity index (χ0v) is 12.0. The van der Waals surface area contributed by atoms with Crippen LogP contribution in [0.15, 0.2) is 41.4 Å². The van der Waals surface area contributed by atoms with E-state index in [9.17, 15) is 8.42 Å². The molecule has 20 heavy (non-hydrogen) atoms. The zero-order chi connectivity index (χ0) is 14.3. The van der Waals surface area contributed by atoms with E-state index in [2.05, 4.69) is 4.98 Å². The van der Waals surface area contributed by atoms with Gasteiger partial charge in [0.05, 0.1) is 5.02 Å². The number of nitrogens with two attached hydrogens (primary N) is 1. The van der Waals surface area contributed by atoms with E-state index in [1.54, 1.807) is 0 Å². The predicted octanol–water partition coefficient (Wildman–Crippen LogP) is 2.02. The number of sulfonamides is 1. The molecule has 0 aliphatic carbocycles. The molecule has 0 atom stereocenters. The molecule has 1 aromatic heterocycles. The summed E-state index contributed by atoms with van der Waals surface area (Å²) >= 11 is 5.85. The largest absolute Gasteiger partial charge is 0.382 e. The third kappa shape index (κ3) is 2.15. The van der Waals surface area contributed by atoms with Crippen LogP contribution in [0.3, 0.4) is 0 Å². The molecule has 7 heteroatoms. The van der Waals surface area contributed by atoms with Gasteiger partial charge in [-0.15, -0.1) is 0 Å². The molecule has 5 nitrogen and oxygen atoms in total. The Morgan fingerprint density at radius 3 is 2.35 bits per heavy atom. The Labute approximate surface area is 122 Å². The van der Waals surface area contributed by atoms with Crippen LogP contribution in [0.25, 0.3) is 0 Å². The molecule has 0 fully saturated rings. The summed E-state index contributed by atoms with van der Waals surface area (Å²) in [7, 11) is -3.61. The second-order valence-corrected chi connectivity index (χ2v) is 6.93. The zero-order valence-electron chi connectivity index (χ0n) is 10.5. The van der Waals surface area contributed by atoms with Gasteiger partial charge in [-0.1, -0.05) is 35.9 Å². The van der Waals surface area contributed by atoms with E-state index < -0.39 is 10.0 Å². The molecule has 2 aromatic rings. The van der Waals surface area contributed by atoms with E-state index in [-0.39, 0.29) is 15.7 Å². The standard InChI is InChI=1S/C13H12ClN3O2S/c14-12-5-11(6-16-13(12)15)20(18,19)17-7-9-3-1-2-4-10(9)8-17/h1-6H,7-8H2,(H2,15,16). The number of hydrogen-bond donors (Lipinski definition) is 1. The quantitative estimate of drug-likeness (QED) is 0.921. The van der Waals surface area contributed by atoms with E-state index >= 15 is 0 Å². The van der Waals surface area contributed by atoms with Crippen molar-refractivity contribution in [3.8, 4) is 0 Å². The molecule has 1 aliphatic heterocycles. The van der Waals surface area contributed by atoms with Gasteiger partial charge in [0.25, 0.3) is 0 Å². The summed E-state index contributed by atoms with van der Waals surface area (Å²) in [5.41, 5.74) is 7.54. The molecular formula is C13H12ClN3O2S. The van der Waals surface area contributed by atoms with Crippen LogP contribution in [0.5, 0.6) is 0 Å². The summed E-state index contributed by atoms with van der Waals surface area (Å²) in [6, 6.07) is 8.99. The fourth-order valence-corrected chi connectivity index (χ4v) is 3.79. The Morgan fingerprint density at radius 1 is 1.20 bits per heavy atom. The number of rotatable bonds is 2. The molecule has 0 unspecified atom stereocenters. The van der Waals surface area contributed by atoms with Crippen molar-refractivity contribution in [2.75, 3.05) is 5.73 Å². The van der Waals surface area contributed by atoms with Gasteiger partial charge in [0, 0.05) is 19.3 Å². The first-order chi connectivity index (χ1) is 9.48. The van der Waals surface area contributed by atoms with Gasteiger partial charge in [0.2, 0.25) is 10.0 Å². The molecule has 3 rings (SSSR count). The topological polar surface area (TPSA) is 76.3 Å². The molecule has 104 valence electrons. The summed E-state index contributed by atoms with van der Waals surface area (Å²) in [5.74, 6) is 0.121. The van der Waals surface area contributed by atoms with Crippen LogP contribution in [0.4, 0.5) is 5.82 Å². The normalized spacial score (nSPS) is 15.2. The first-order valence-corrected chi connectivity index (χ1v) is 7.78. The number of halogens is 1. The summed E-state index contributed by atoms with van der Waals surface area (Å²) < 4.78 is 26.5. The number of fused-ring (bicyclic) bond motifs is 1. The Bertz CT molecular complexity index is 752. The van der Waals surface area contributed by atoms with E-state index in [1.165, 1.54) is 16.6 Å². The molecule has 0 radical (unpaired) electrons. The van der Waals surface area contributed by atoms with Crippen LogP contribution in [0.1, 0.15) is 11.1 Å². The highest BCUT2D eigenvalue weighted by molar-refractivity contribution is 7.89. The van der Waals surface area contributed by atoms with Crippen LogP contribution in [0.2, 0.25) is 5.02 Å². The van der Waals surface area contributed by atoms with Gasteiger partial charge in [-0.05, 0) is 17.2 Å². The lowest BCUT2D eigenvalue weighted by molar-refractivity contribution is 0.431. The molecule has 2 heterocycles. The number of benzene rings is 1. The maximum absolute atomic E-state index is 12.6. The van der Waals surface area contributed by atoms with Crippen LogP contribution in [0, 0.1) is 0 Å². The summed E-state index contributed by atoms with van der Waals surface area (Å²) in [4.78, 5) is 3.87. The number of nitrogens with zero attached hydrogens (tertiary/aromatic N) is 2. The van der Waals surface area contributed by atoms with Gasteiger partial charge in [0.15, 0.2) is 0 Å². The third-order valence-electron chi connectivity index (χ3n) is 3.29. The van der Waals surface area contributed by atoms with Gasteiger partial charge in [-0.25, -0.2) is 13.4 Å². The minimum Gasteiger partial charge on any atom is -0.382 e. The first-order valence-electron chi connectivity index (χ1n) is 5.96. The molecular weight excluding hydrogens is 298 g/mol. The predicted molar refractivity (Wildman–Crippen MR) is 76.5 cm³/mol. The van der Waals surface area contributed by atoms with Crippen molar-refractivity contribution in [2.45, 2.75) is 18.0 Å². The number of hydrogen-bond acceptors (Lipinski definition) is 4. The molecule has 0 saturated heterocycles. The van der Waals surface area contributed by atoms with E-state index in [1.807, 2.05) is 24.3 Å². The smallest absolute Gasteiger partial charge is 0.245 e. The van der Waals surface area contributed by atoms with Crippen LogP contribution in [-0.2, 0) is 23.1 Å². The van der Waals surface area contributed by atoms with Gasteiger partial charge >= 0.3 is 0 Å². The van der Waals surface area contributed by atoms with Crippen molar-refractivity contribution in [3.05, 3.63) is 52.7 Å². The van der Waals surface area contributed by atoms with E-state index in [4.69, 9.17) is 17.3 Å². The number of aromatic nitrogens is 1. The SMILES string of the molecule is Nc1ncc(S(=O)(=O)N2Cc3ccccc3C2)cc1Cl. The Morgan fingerprint density at radius 2 is 1.80 bits per heavy atom. The second kappa shape index (κ2) is 4.73. The fraction of sp³-hybridized carbons (Fsp3) is 0.154.